The van der Waals surface area contributed by atoms with Crippen LogP contribution in [0.5, 0.6) is 0 Å². The van der Waals surface area contributed by atoms with E-state index in [0.717, 1.165) is 19.3 Å². The fourth-order valence-corrected chi connectivity index (χ4v) is 1.36. The van der Waals surface area contributed by atoms with Crippen LogP contribution in [0.15, 0.2) is 23.9 Å². The molecule has 0 aromatic carbocycles. The molecule has 18 heavy (non-hydrogen) atoms. The van der Waals surface area contributed by atoms with E-state index >= 15 is 0 Å². The Bertz CT molecular complexity index is 334. The van der Waals surface area contributed by atoms with Crippen molar-refractivity contribution in [2.75, 3.05) is 0 Å². The van der Waals surface area contributed by atoms with Crippen LogP contribution in [0.2, 0.25) is 0 Å². The van der Waals surface area contributed by atoms with Gasteiger partial charge in [-0.1, -0.05) is 25.8 Å². The molecule has 102 valence electrons. The summed E-state index contributed by atoms with van der Waals surface area (Å²) in [6.07, 6.45) is 7.05. The highest BCUT2D eigenvalue weighted by atomic mass is 16.6. The van der Waals surface area contributed by atoms with E-state index in [1.54, 1.807) is 6.92 Å². The Morgan fingerprint density at radius 1 is 1.50 bits per heavy atom. The molecule has 1 unspecified atom stereocenters. The first-order chi connectivity index (χ1) is 8.51. The number of carbonyl (C=O) groups excluding carboxylic acids is 1. The van der Waals surface area contributed by atoms with Gasteiger partial charge in [0.2, 0.25) is 0 Å². The highest BCUT2D eigenvalue weighted by Crippen LogP contribution is 2.06. The molecular formula is C13H21NO4. The molecule has 0 aliphatic carbocycles. The van der Waals surface area contributed by atoms with Gasteiger partial charge in [0.25, 0.3) is 5.70 Å². The van der Waals surface area contributed by atoms with E-state index in [9.17, 15) is 14.9 Å². The lowest BCUT2D eigenvalue weighted by Gasteiger charge is -2.11. The Morgan fingerprint density at radius 3 is 2.67 bits per heavy atom. The standard InChI is InChI=1S/C13H21NO4/c1-4-6-8-11(3)18-13(15)10-7-9-12(5-2)14(16)17/h5,7,9,11H,4,6,8,10H2,1-3H3/b9-7-,12-5+. The monoisotopic (exact) mass is 255 g/mol. The normalized spacial score (nSPS) is 13.6. The van der Waals surface area contributed by atoms with Crippen LogP contribution >= 0.6 is 0 Å². The summed E-state index contributed by atoms with van der Waals surface area (Å²) in [6.45, 7) is 5.51. The molecule has 0 saturated heterocycles. The van der Waals surface area contributed by atoms with E-state index in [4.69, 9.17) is 4.74 Å². The quantitative estimate of drug-likeness (QED) is 0.289. The zero-order valence-corrected chi connectivity index (χ0v) is 11.2. The van der Waals surface area contributed by atoms with E-state index in [1.165, 1.54) is 18.2 Å². The van der Waals surface area contributed by atoms with Gasteiger partial charge in [-0.05, 0) is 26.3 Å². The van der Waals surface area contributed by atoms with E-state index in [2.05, 4.69) is 6.92 Å². The van der Waals surface area contributed by atoms with Crippen molar-refractivity contribution in [1.82, 2.24) is 0 Å². The minimum atomic E-state index is -0.494. The molecule has 0 fully saturated rings. The molecule has 0 radical (unpaired) electrons. The van der Waals surface area contributed by atoms with Crippen molar-refractivity contribution in [2.24, 2.45) is 0 Å². The van der Waals surface area contributed by atoms with E-state index < -0.39 is 4.92 Å². The lowest BCUT2D eigenvalue weighted by atomic mass is 10.2. The second-order valence-corrected chi connectivity index (χ2v) is 4.02. The molecule has 0 aromatic heterocycles. The van der Waals surface area contributed by atoms with Crippen molar-refractivity contribution in [2.45, 2.75) is 52.6 Å². The van der Waals surface area contributed by atoms with Gasteiger partial charge in [-0.3, -0.25) is 14.9 Å². The summed E-state index contributed by atoms with van der Waals surface area (Å²) in [4.78, 5) is 21.4. The molecule has 5 nitrogen and oxygen atoms in total. The number of hydrogen-bond donors (Lipinski definition) is 0. The topological polar surface area (TPSA) is 69.4 Å². The second kappa shape index (κ2) is 9.39. The lowest BCUT2D eigenvalue weighted by molar-refractivity contribution is -0.419. The third-order valence-electron chi connectivity index (χ3n) is 2.38. The van der Waals surface area contributed by atoms with E-state index in [-0.39, 0.29) is 24.2 Å². The van der Waals surface area contributed by atoms with Gasteiger partial charge in [-0.25, -0.2) is 0 Å². The molecule has 0 heterocycles. The van der Waals surface area contributed by atoms with Gasteiger partial charge in [0.1, 0.15) is 0 Å². The Balaban J connectivity index is 4.03. The van der Waals surface area contributed by atoms with Gasteiger partial charge in [-0.15, -0.1) is 0 Å². The summed E-state index contributed by atoms with van der Waals surface area (Å²) in [5.74, 6) is -0.353. The summed E-state index contributed by atoms with van der Waals surface area (Å²) in [5, 5.41) is 10.5. The van der Waals surface area contributed by atoms with Crippen LogP contribution in [0, 0.1) is 10.1 Å². The van der Waals surface area contributed by atoms with Crippen molar-refractivity contribution in [3.63, 3.8) is 0 Å². The Morgan fingerprint density at radius 2 is 2.17 bits per heavy atom. The highest BCUT2D eigenvalue weighted by molar-refractivity contribution is 5.71. The molecule has 1 atom stereocenters. The number of nitrogens with zero attached hydrogens (tertiary/aromatic N) is 1. The molecule has 5 heteroatoms. The Hall–Kier alpha value is -1.65. The van der Waals surface area contributed by atoms with E-state index in [0.29, 0.717) is 0 Å². The van der Waals surface area contributed by atoms with Crippen molar-refractivity contribution in [1.29, 1.82) is 0 Å². The van der Waals surface area contributed by atoms with Crippen LogP contribution in [0.3, 0.4) is 0 Å². The van der Waals surface area contributed by atoms with Crippen LogP contribution in [-0.4, -0.2) is 17.0 Å². The van der Waals surface area contributed by atoms with E-state index in [1.807, 2.05) is 6.92 Å². The van der Waals surface area contributed by atoms with Crippen LogP contribution in [0.4, 0.5) is 0 Å². The molecule has 0 aliphatic rings. The zero-order chi connectivity index (χ0) is 14.0. The average molecular weight is 255 g/mol. The maximum absolute atomic E-state index is 11.4. The fourth-order valence-electron chi connectivity index (χ4n) is 1.36. The third kappa shape index (κ3) is 7.60. The number of rotatable bonds is 8. The van der Waals surface area contributed by atoms with Gasteiger partial charge in [-0.2, -0.15) is 0 Å². The first kappa shape index (κ1) is 16.4. The predicted molar refractivity (Wildman–Crippen MR) is 69.6 cm³/mol. The highest BCUT2D eigenvalue weighted by Gasteiger charge is 2.08. The summed E-state index contributed by atoms with van der Waals surface area (Å²) in [7, 11) is 0. The molecule has 0 spiro atoms. The Labute approximate surface area is 108 Å². The average Bonchev–Trinajstić information content (AvgIpc) is 2.31. The summed E-state index contributed by atoms with van der Waals surface area (Å²) in [5.41, 5.74) is -0.0261. The number of esters is 1. The number of nitro groups is 1. The number of unbranched alkanes of at least 4 members (excludes halogenated alkanes) is 1. The van der Waals surface area contributed by atoms with Crippen molar-refractivity contribution in [3.8, 4) is 0 Å². The minimum absolute atomic E-state index is 0.0261. The number of ether oxygens (including phenoxy) is 1. The van der Waals surface area contributed by atoms with Gasteiger partial charge >= 0.3 is 5.97 Å². The molecule has 0 bridgehead atoms. The van der Waals surface area contributed by atoms with Crippen LogP contribution in [0.1, 0.15) is 46.5 Å². The molecule has 0 N–H and O–H groups in total. The van der Waals surface area contributed by atoms with Crippen LogP contribution in [-0.2, 0) is 9.53 Å². The molecule has 0 aromatic rings. The summed E-state index contributed by atoms with van der Waals surface area (Å²) < 4.78 is 5.15. The SMILES string of the molecule is C/C=C(\C=C/CC(=O)OC(C)CCCC)[N+](=O)[O-]. The van der Waals surface area contributed by atoms with Crippen LogP contribution < -0.4 is 0 Å². The van der Waals surface area contributed by atoms with Gasteiger partial charge in [0, 0.05) is 6.08 Å². The maximum Gasteiger partial charge on any atom is 0.309 e. The smallest absolute Gasteiger partial charge is 0.309 e. The maximum atomic E-state index is 11.4. The molecule has 0 aliphatic heterocycles. The fraction of sp³-hybridized carbons (Fsp3) is 0.615. The van der Waals surface area contributed by atoms with Gasteiger partial charge < -0.3 is 4.74 Å². The number of allylic oxidation sites excluding steroid dienone is 2. The zero-order valence-electron chi connectivity index (χ0n) is 11.2. The first-order valence-electron chi connectivity index (χ1n) is 6.18. The van der Waals surface area contributed by atoms with Crippen molar-refractivity contribution in [3.05, 3.63) is 34.0 Å². The van der Waals surface area contributed by atoms with Gasteiger partial charge in [0.05, 0.1) is 17.4 Å². The van der Waals surface area contributed by atoms with Gasteiger partial charge in [0.15, 0.2) is 0 Å². The summed E-state index contributed by atoms with van der Waals surface area (Å²) in [6, 6.07) is 0. The molecule has 0 saturated carbocycles. The Kier molecular flexibility index (Phi) is 8.53. The largest absolute Gasteiger partial charge is 0.462 e. The first-order valence-corrected chi connectivity index (χ1v) is 6.18. The third-order valence-corrected chi connectivity index (χ3v) is 2.38. The van der Waals surface area contributed by atoms with Crippen molar-refractivity contribution >= 4 is 5.97 Å². The second-order valence-electron chi connectivity index (χ2n) is 4.02. The molecule has 0 rings (SSSR count). The number of hydrogen-bond acceptors (Lipinski definition) is 4. The van der Waals surface area contributed by atoms with Crippen LogP contribution in [0.25, 0.3) is 0 Å². The van der Waals surface area contributed by atoms with Crippen molar-refractivity contribution < 1.29 is 14.5 Å². The summed E-state index contributed by atoms with van der Waals surface area (Å²) >= 11 is 0. The lowest BCUT2D eigenvalue weighted by Crippen LogP contribution is -2.13. The molecule has 0 amide bonds. The minimum Gasteiger partial charge on any atom is -0.462 e. The number of carbonyl (C=O) groups is 1. The molecular weight excluding hydrogens is 234 g/mol. The predicted octanol–water partition coefficient (Wildman–Crippen LogP) is 3.24.